The molecule has 2 aromatic heterocycles. The number of piperazine rings is 1. The smallest absolute Gasteiger partial charge is 0.377 e. The Morgan fingerprint density at radius 2 is 1.80 bits per heavy atom. The summed E-state index contributed by atoms with van der Waals surface area (Å²) < 4.78 is 47.3. The van der Waals surface area contributed by atoms with E-state index in [1.54, 1.807) is 9.47 Å². The van der Waals surface area contributed by atoms with E-state index in [2.05, 4.69) is 15.4 Å². The Morgan fingerprint density at radius 3 is 2.44 bits per heavy atom. The number of rotatable bonds is 4. The van der Waals surface area contributed by atoms with Gasteiger partial charge in [0.15, 0.2) is 5.82 Å². The van der Waals surface area contributed by atoms with Crippen molar-refractivity contribution in [2.75, 3.05) is 49.6 Å². The third kappa shape index (κ3) is 4.96. The Morgan fingerprint density at radius 1 is 1.07 bits per heavy atom. The fourth-order valence-electron chi connectivity index (χ4n) is 5.67. The molecule has 3 aromatic rings. The molecule has 216 valence electrons. The van der Waals surface area contributed by atoms with E-state index in [-0.39, 0.29) is 22.9 Å². The Hall–Kier alpha value is -4.20. The van der Waals surface area contributed by atoms with E-state index >= 15 is 0 Å². The van der Waals surface area contributed by atoms with Crippen LogP contribution >= 0.6 is 0 Å². The summed E-state index contributed by atoms with van der Waals surface area (Å²) in [4.78, 5) is 47.6. The summed E-state index contributed by atoms with van der Waals surface area (Å²) in [5.41, 5.74) is 0.971. The first kappa shape index (κ1) is 27.0. The number of nitrogens with zero attached hydrogens (tertiary/aromatic N) is 6. The monoisotopic (exact) mass is 571 g/mol. The highest BCUT2D eigenvalue weighted by Gasteiger charge is 2.37. The van der Waals surface area contributed by atoms with Gasteiger partial charge in [0.1, 0.15) is 11.7 Å². The molecule has 41 heavy (non-hydrogen) atoms. The maximum absolute atomic E-state index is 13.9. The van der Waals surface area contributed by atoms with Crippen molar-refractivity contribution >= 4 is 34.5 Å². The van der Waals surface area contributed by atoms with Gasteiger partial charge in [0, 0.05) is 38.8 Å². The van der Waals surface area contributed by atoms with E-state index in [9.17, 15) is 27.6 Å². The summed E-state index contributed by atoms with van der Waals surface area (Å²) in [7, 11) is 0. The molecule has 1 unspecified atom stereocenters. The van der Waals surface area contributed by atoms with Crippen LogP contribution in [0.25, 0.3) is 11.4 Å². The van der Waals surface area contributed by atoms with Crippen molar-refractivity contribution in [1.82, 2.24) is 24.1 Å². The molecule has 6 rings (SSSR count). The zero-order valence-corrected chi connectivity index (χ0v) is 22.3. The zero-order valence-electron chi connectivity index (χ0n) is 22.3. The lowest BCUT2D eigenvalue weighted by Crippen LogP contribution is -2.50. The molecule has 3 aliphatic rings. The highest BCUT2D eigenvalue weighted by molar-refractivity contribution is 5.94. The number of anilines is 2. The average molecular weight is 572 g/mol. The number of benzene rings is 1. The van der Waals surface area contributed by atoms with Crippen molar-refractivity contribution in [3.8, 4) is 0 Å². The van der Waals surface area contributed by atoms with Crippen LogP contribution in [0, 0.1) is 0 Å². The lowest BCUT2D eigenvalue weighted by molar-refractivity contribution is -0.137. The molecule has 11 nitrogen and oxygen atoms in total. The first-order chi connectivity index (χ1) is 19.6. The van der Waals surface area contributed by atoms with E-state index in [4.69, 9.17) is 4.74 Å². The van der Waals surface area contributed by atoms with Gasteiger partial charge < -0.3 is 19.9 Å². The summed E-state index contributed by atoms with van der Waals surface area (Å²) in [5, 5.41) is 7.26. The van der Waals surface area contributed by atoms with Gasteiger partial charge in [-0.2, -0.15) is 22.7 Å². The van der Waals surface area contributed by atoms with Gasteiger partial charge in [-0.15, -0.1) is 5.10 Å². The van der Waals surface area contributed by atoms with Crippen molar-refractivity contribution in [2.45, 2.75) is 38.4 Å². The Labute approximate surface area is 232 Å². The summed E-state index contributed by atoms with van der Waals surface area (Å²) in [6, 6.07) is 3.49. The molecule has 0 bridgehead atoms. The van der Waals surface area contributed by atoms with Crippen LogP contribution in [0.15, 0.2) is 35.1 Å². The predicted molar refractivity (Wildman–Crippen MR) is 143 cm³/mol. The number of carbonyl (C=O) groups is 2. The number of halogens is 3. The van der Waals surface area contributed by atoms with Crippen LogP contribution in [0.2, 0.25) is 0 Å². The fourth-order valence-corrected chi connectivity index (χ4v) is 5.67. The summed E-state index contributed by atoms with van der Waals surface area (Å²) in [5.74, 6) is 0.139. The van der Waals surface area contributed by atoms with Crippen LogP contribution in [-0.2, 0) is 26.9 Å². The molecule has 14 heteroatoms. The quantitative estimate of drug-likeness (QED) is 0.512. The molecule has 2 amide bonds. The fraction of sp³-hybridized carbons (Fsp3) is 0.444. The minimum absolute atomic E-state index is 0.0345. The average Bonchev–Trinajstić information content (AvgIpc) is 3.59. The van der Waals surface area contributed by atoms with Crippen molar-refractivity contribution < 1.29 is 27.5 Å². The van der Waals surface area contributed by atoms with E-state index in [0.29, 0.717) is 75.9 Å². The first-order valence-electron chi connectivity index (χ1n) is 13.4. The molecule has 1 aromatic carbocycles. The SMILES string of the molecule is CC(=O)N1CCN(c2c3n(c4nc(C5=CCOCC5)nn4c2=O)C(C(=O)Nc2ccc(C(F)(F)F)cc2)CC3)CC1. The third-order valence-corrected chi connectivity index (χ3v) is 7.81. The molecule has 3 aliphatic heterocycles. The predicted octanol–water partition coefficient (Wildman–Crippen LogP) is 2.51. The van der Waals surface area contributed by atoms with Crippen LogP contribution in [0.5, 0.6) is 0 Å². The second-order valence-corrected chi connectivity index (χ2v) is 10.3. The van der Waals surface area contributed by atoms with Gasteiger partial charge >= 0.3 is 6.18 Å². The molecule has 1 saturated heterocycles. The van der Waals surface area contributed by atoms with E-state index in [1.807, 2.05) is 11.0 Å². The lowest BCUT2D eigenvalue weighted by Gasteiger charge is -2.36. The molecule has 5 heterocycles. The largest absolute Gasteiger partial charge is 0.416 e. The van der Waals surface area contributed by atoms with Crippen LogP contribution < -0.4 is 15.8 Å². The van der Waals surface area contributed by atoms with Gasteiger partial charge in [0.05, 0.1) is 24.5 Å². The number of nitrogens with one attached hydrogen (secondary N) is 1. The van der Waals surface area contributed by atoms with Crippen LogP contribution in [0.4, 0.5) is 24.5 Å². The van der Waals surface area contributed by atoms with Crippen LogP contribution in [0.3, 0.4) is 0 Å². The number of hydrogen-bond acceptors (Lipinski definition) is 7. The number of ether oxygens (including phenoxy) is 1. The van der Waals surface area contributed by atoms with Gasteiger partial charge in [0.25, 0.3) is 5.56 Å². The van der Waals surface area contributed by atoms with E-state index in [0.717, 1.165) is 17.7 Å². The molecule has 1 N–H and O–H groups in total. The Bertz CT molecular complexity index is 1600. The molecule has 1 fully saturated rings. The van der Waals surface area contributed by atoms with Crippen molar-refractivity contribution in [3.05, 3.63) is 57.8 Å². The number of amides is 2. The van der Waals surface area contributed by atoms with Crippen LogP contribution in [0.1, 0.15) is 42.9 Å². The standard InChI is InChI=1S/C27H28F3N7O4/c1-16(38)34-10-12-35(13-11-34)22-20-6-7-21(24(39)31-19-4-2-18(3-5-19)27(28,29)30)36(20)26-32-23(33-37(26)25(22)40)17-8-14-41-15-9-17/h2-5,8,21H,6-7,9-15H2,1H3,(H,31,39). The number of hydrogen-bond donors (Lipinski definition) is 1. The topological polar surface area (TPSA) is 114 Å². The normalized spacial score (nSPS) is 19.3. The molecule has 0 aliphatic carbocycles. The summed E-state index contributed by atoms with van der Waals surface area (Å²) in [6.45, 7) is 4.22. The molecule has 0 saturated carbocycles. The number of fused-ring (bicyclic) bond motifs is 3. The minimum atomic E-state index is -4.48. The molecule has 0 radical (unpaired) electrons. The second-order valence-electron chi connectivity index (χ2n) is 10.3. The van der Waals surface area contributed by atoms with Crippen molar-refractivity contribution in [3.63, 3.8) is 0 Å². The number of alkyl halides is 3. The molecule has 0 spiro atoms. The zero-order chi connectivity index (χ0) is 28.9. The lowest BCUT2D eigenvalue weighted by atomic mass is 10.1. The molecule has 1 atom stereocenters. The Balaban J connectivity index is 1.40. The van der Waals surface area contributed by atoms with Gasteiger partial charge in [-0.25, -0.2) is 0 Å². The highest BCUT2D eigenvalue weighted by Crippen LogP contribution is 2.35. The highest BCUT2D eigenvalue weighted by atomic mass is 19.4. The Kier molecular flexibility index (Phi) is 6.80. The maximum Gasteiger partial charge on any atom is 0.416 e. The summed E-state index contributed by atoms with van der Waals surface area (Å²) >= 11 is 0. The van der Waals surface area contributed by atoms with Crippen molar-refractivity contribution in [2.24, 2.45) is 0 Å². The minimum Gasteiger partial charge on any atom is -0.377 e. The van der Waals surface area contributed by atoms with Crippen LogP contribution in [-0.4, -0.2) is 75.3 Å². The number of carbonyl (C=O) groups excluding carboxylic acids is 2. The molecular formula is C27H28F3N7O4. The number of aromatic nitrogens is 4. The maximum atomic E-state index is 13.9. The van der Waals surface area contributed by atoms with E-state index in [1.165, 1.54) is 23.6 Å². The molecular weight excluding hydrogens is 543 g/mol. The van der Waals surface area contributed by atoms with Gasteiger partial charge in [-0.3, -0.25) is 19.0 Å². The van der Waals surface area contributed by atoms with Crippen molar-refractivity contribution in [1.29, 1.82) is 0 Å². The first-order valence-corrected chi connectivity index (χ1v) is 13.4. The second kappa shape index (κ2) is 10.3. The van der Waals surface area contributed by atoms with Gasteiger partial charge in [-0.1, -0.05) is 6.08 Å². The van der Waals surface area contributed by atoms with Gasteiger partial charge in [-0.05, 0) is 49.1 Å². The van der Waals surface area contributed by atoms with Gasteiger partial charge in [0.2, 0.25) is 17.6 Å². The van der Waals surface area contributed by atoms with E-state index < -0.39 is 23.7 Å². The third-order valence-electron chi connectivity index (χ3n) is 7.81. The summed E-state index contributed by atoms with van der Waals surface area (Å²) in [6.07, 6.45) is -1.26.